The van der Waals surface area contributed by atoms with Crippen LogP contribution in [-0.4, -0.2) is 52.5 Å². The van der Waals surface area contributed by atoms with E-state index in [2.05, 4.69) is 0 Å². The highest BCUT2D eigenvalue weighted by Gasteiger charge is 2.53. The lowest BCUT2D eigenvalue weighted by Gasteiger charge is -2.51. The van der Waals surface area contributed by atoms with Gasteiger partial charge in [-0.25, -0.2) is 9.59 Å². The van der Waals surface area contributed by atoms with Gasteiger partial charge < -0.3 is 14.6 Å². The van der Waals surface area contributed by atoms with Crippen LogP contribution in [0.5, 0.6) is 0 Å². The molecule has 0 aromatic rings. The molecule has 1 unspecified atom stereocenters. The Morgan fingerprint density at radius 3 is 2.48 bits per heavy atom. The number of carbonyl (C=O) groups excluding carboxylic acids is 2. The van der Waals surface area contributed by atoms with Crippen LogP contribution in [0.1, 0.15) is 47.0 Å². The summed E-state index contributed by atoms with van der Waals surface area (Å²) in [7, 11) is 0. The summed E-state index contributed by atoms with van der Waals surface area (Å²) in [4.78, 5) is 26.2. The average molecular weight is 299 g/mol. The van der Waals surface area contributed by atoms with Crippen molar-refractivity contribution in [1.29, 1.82) is 0 Å². The van der Waals surface area contributed by atoms with E-state index in [1.807, 2.05) is 0 Å². The van der Waals surface area contributed by atoms with Gasteiger partial charge in [0.1, 0.15) is 11.6 Å². The molecular formula is C15H25NO5. The molecule has 1 saturated carbocycles. The molecule has 3 fully saturated rings. The Labute approximate surface area is 125 Å². The van der Waals surface area contributed by atoms with Crippen LogP contribution < -0.4 is 0 Å². The molecule has 1 aliphatic carbocycles. The standard InChI is InChI=1S/C15H25NO5/c1-5-20-13(18)12-10-7-6-9(8-11(10)17)16(12)14(19)21-15(2,3)4/h9-12,17H,5-8H2,1-4H3/t9-,10+,11?,12-/m0/s1. The minimum absolute atomic E-state index is 0.158. The molecule has 2 bridgehead atoms. The van der Waals surface area contributed by atoms with Crippen molar-refractivity contribution in [3.05, 3.63) is 0 Å². The van der Waals surface area contributed by atoms with Gasteiger partial charge in [-0.15, -0.1) is 0 Å². The monoisotopic (exact) mass is 299 g/mol. The molecule has 21 heavy (non-hydrogen) atoms. The van der Waals surface area contributed by atoms with Gasteiger partial charge >= 0.3 is 12.1 Å². The van der Waals surface area contributed by atoms with Gasteiger partial charge in [0.25, 0.3) is 0 Å². The zero-order valence-corrected chi connectivity index (χ0v) is 13.2. The molecule has 6 nitrogen and oxygen atoms in total. The van der Waals surface area contributed by atoms with E-state index < -0.39 is 29.8 Å². The van der Waals surface area contributed by atoms with Gasteiger partial charge in [0.2, 0.25) is 0 Å². The minimum Gasteiger partial charge on any atom is -0.464 e. The van der Waals surface area contributed by atoms with Crippen molar-refractivity contribution >= 4 is 12.1 Å². The van der Waals surface area contributed by atoms with Crippen LogP contribution in [0.2, 0.25) is 0 Å². The van der Waals surface area contributed by atoms with Crippen LogP contribution in [0, 0.1) is 5.92 Å². The summed E-state index contributed by atoms with van der Waals surface area (Å²) in [5.41, 5.74) is -0.619. The molecular weight excluding hydrogens is 274 g/mol. The Kier molecular flexibility index (Phi) is 4.46. The van der Waals surface area contributed by atoms with Crippen LogP contribution >= 0.6 is 0 Å². The third-order valence-electron chi connectivity index (χ3n) is 4.07. The van der Waals surface area contributed by atoms with Crippen LogP contribution in [0.15, 0.2) is 0 Å². The number of aliphatic hydroxyl groups excluding tert-OH is 1. The van der Waals surface area contributed by atoms with E-state index in [-0.39, 0.29) is 18.6 Å². The molecule has 6 heteroatoms. The number of nitrogens with zero attached hydrogens (tertiary/aromatic N) is 1. The third-order valence-corrected chi connectivity index (χ3v) is 4.07. The lowest BCUT2D eigenvalue weighted by molar-refractivity contribution is -0.165. The summed E-state index contributed by atoms with van der Waals surface area (Å²) in [6.07, 6.45) is 0.963. The number of hydrogen-bond donors (Lipinski definition) is 1. The van der Waals surface area contributed by atoms with Crippen molar-refractivity contribution in [2.24, 2.45) is 5.92 Å². The predicted octanol–water partition coefficient (Wildman–Crippen LogP) is 1.70. The number of rotatable bonds is 2. The Morgan fingerprint density at radius 2 is 1.95 bits per heavy atom. The fraction of sp³-hybridized carbons (Fsp3) is 0.867. The Hall–Kier alpha value is -1.30. The molecule has 1 amide bonds. The molecule has 4 atom stereocenters. The second-order valence-corrected chi connectivity index (χ2v) is 6.78. The second-order valence-electron chi connectivity index (χ2n) is 6.78. The summed E-state index contributed by atoms with van der Waals surface area (Å²) >= 11 is 0. The molecule has 2 heterocycles. The van der Waals surface area contributed by atoms with E-state index in [1.165, 1.54) is 4.90 Å². The zero-order chi connectivity index (χ0) is 15.8. The first-order valence-electron chi connectivity index (χ1n) is 7.60. The molecule has 0 radical (unpaired) electrons. The minimum atomic E-state index is -0.734. The number of hydrogen-bond acceptors (Lipinski definition) is 5. The number of carbonyl (C=O) groups is 2. The van der Waals surface area contributed by atoms with E-state index in [9.17, 15) is 14.7 Å². The summed E-state index contributed by atoms with van der Waals surface area (Å²) in [5.74, 6) is -0.710. The number of esters is 1. The van der Waals surface area contributed by atoms with Gasteiger partial charge in [-0.2, -0.15) is 0 Å². The van der Waals surface area contributed by atoms with Crippen molar-refractivity contribution in [2.45, 2.75) is 70.7 Å². The van der Waals surface area contributed by atoms with Gasteiger partial charge in [0.15, 0.2) is 0 Å². The largest absolute Gasteiger partial charge is 0.464 e. The maximum Gasteiger partial charge on any atom is 0.411 e. The SMILES string of the molecule is CCOC(=O)[C@@H]1[C@@H]2CC[C@@H](CC2O)N1C(=O)OC(C)(C)C. The van der Waals surface area contributed by atoms with Crippen LogP contribution in [0.3, 0.4) is 0 Å². The molecule has 3 aliphatic rings. The van der Waals surface area contributed by atoms with Crippen LogP contribution in [-0.2, 0) is 14.3 Å². The van der Waals surface area contributed by atoms with E-state index in [4.69, 9.17) is 9.47 Å². The smallest absolute Gasteiger partial charge is 0.411 e. The van der Waals surface area contributed by atoms with E-state index in [0.717, 1.165) is 12.8 Å². The lowest BCUT2D eigenvalue weighted by Crippen LogP contribution is -2.65. The predicted molar refractivity (Wildman–Crippen MR) is 75.6 cm³/mol. The van der Waals surface area contributed by atoms with Crippen LogP contribution in [0.4, 0.5) is 4.79 Å². The highest BCUT2D eigenvalue weighted by Crippen LogP contribution is 2.41. The lowest BCUT2D eigenvalue weighted by atomic mass is 9.73. The summed E-state index contributed by atoms with van der Waals surface area (Å²) in [5, 5.41) is 10.1. The molecule has 2 aliphatic heterocycles. The summed E-state index contributed by atoms with van der Waals surface area (Å²) < 4.78 is 10.5. The summed E-state index contributed by atoms with van der Waals surface area (Å²) in [6.45, 7) is 7.36. The van der Waals surface area contributed by atoms with E-state index in [1.54, 1.807) is 27.7 Å². The van der Waals surface area contributed by atoms with Gasteiger partial charge in [-0.1, -0.05) is 0 Å². The highest BCUT2D eigenvalue weighted by atomic mass is 16.6. The van der Waals surface area contributed by atoms with Crippen molar-refractivity contribution < 1.29 is 24.2 Å². The number of amides is 1. The third kappa shape index (κ3) is 3.31. The van der Waals surface area contributed by atoms with E-state index >= 15 is 0 Å². The molecule has 0 aromatic carbocycles. The molecule has 120 valence electrons. The fourth-order valence-electron chi connectivity index (χ4n) is 3.30. The topological polar surface area (TPSA) is 76.1 Å². The zero-order valence-electron chi connectivity index (χ0n) is 13.2. The quantitative estimate of drug-likeness (QED) is 0.785. The Balaban J connectivity index is 2.23. The van der Waals surface area contributed by atoms with Crippen LogP contribution in [0.25, 0.3) is 0 Å². The van der Waals surface area contributed by atoms with Crippen molar-refractivity contribution in [3.8, 4) is 0 Å². The first-order chi connectivity index (χ1) is 9.74. The van der Waals surface area contributed by atoms with E-state index in [0.29, 0.717) is 6.42 Å². The maximum atomic E-state index is 12.4. The number of piperidine rings is 2. The van der Waals surface area contributed by atoms with Crippen molar-refractivity contribution in [3.63, 3.8) is 0 Å². The van der Waals surface area contributed by atoms with Gasteiger partial charge in [0.05, 0.1) is 12.7 Å². The Bertz CT molecular complexity index is 417. The number of aliphatic hydroxyl groups is 1. The first-order valence-corrected chi connectivity index (χ1v) is 7.60. The van der Waals surface area contributed by atoms with Gasteiger partial charge in [-0.3, -0.25) is 4.90 Å². The highest BCUT2D eigenvalue weighted by molar-refractivity contribution is 5.83. The number of fused-ring (bicyclic) bond motifs is 3. The molecule has 0 spiro atoms. The molecule has 1 N–H and O–H groups in total. The second kappa shape index (κ2) is 5.83. The van der Waals surface area contributed by atoms with Crippen molar-refractivity contribution in [2.75, 3.05) is 6.61 Å². The molecule has 0 aromatic heterocycles. The molecule has 3 rings (SSSR count). The normalized spacial score (nSPS) is 32.0. The fourth-order valence-corrected chi connectivity index (χ4v) is 3.30. The van der Waals surface area contributed by atoms with Gasteiger partial charge in [-0.05, 0) is 47.0 Å². The maximum absolute atomic E-state index is 12.4. The number of ether oxygens (including phenoxy) is 2. The average Bonchev–Trinajstić information content (AvgIpc) is 2.36. The first kappa shape index (κ1) is 16.1. The Morgan fingerprint density at radius 1 is 1.29 bits per heavy atom. The summed E-state index contributed by atoms with van der Waals surface area (Å²) in [6, 6.07) is -0.892. The van der Waals surface area contributed by atoms with Crippen molar-refractivity contribution in [1.82, 2.24) is 4.90 Å². The molecule has 2 saturated heterocycles. The van der Waals surface area contributed by atoms with Gasteiger partial charge in [0, 0.05) is 12.0 Å².